The third kappa shape index (κ3) is 8.03. The lowest BCUT2D eigenvalue weighted by Crippen LogP contribution is -2.68. The summed E-state index contributed by atoms with van der Waals surface area (Å²) in [5.41, 5.74) is 0. The first-order chi connectivity index (χ1) is 23.3. The van der Waals surface area contributed by atoms with Gasteiger partial charge in [0.2, 0.25) is 11.5 Å². The third-order valence-corrected chi connectivity index (χ3v) is 5.42. The zero-order chi connectivity index (χ0) is 45.4. The van der Waals surface area contributed by atoms with Gasteiger partial charge in [-0.05, 0) is 0 Å². The first kappa shape index (κ1) is 51.8. The van der Waals surface area contributed by atoms with Crippen LogP contribution in [-0.4, -0.2) is 84.2 Å². The number of rotatable bonds is 14. The molecule has 0 aromatic heterocycles. The topological polar surface area (TPSA) is 27.7 Å². The first-order valence-corrected chi connectivity index (χ1v) is 11.2. The standard InChI is InChI=1S/C18F34O3/c19-3(20)1(5(23,24)11(35,15(43,44)45)54-17(49,50)9(31,32)7(27,28)13(37,38)39)53-2(4(21)22)6(25,26)12(36,16(46,47)48)55-18(51,52)10(33,34)8(29,30)14(40,41)42. The van der Waals surface area contributed by atoms with Crippen LogP contribution < -0.4 is 0 Å². The lowest BCUT2D eigenvalue weighted by Gasteiger charge is -2.41. The minimum atomic E-state index is -9.11. The predicted octanol–water partition coefficient (Wildman–Crippen LogP) is 11.8. The normalized spacial score (nSPS) is 17.7. The van der Waals surface area contributed by atoms with Crippen molar-refractivity contribution in [2.24, 2.45) is 0 Å². The van der Waals surface area contributed by atoms with Crippen molar-refractivity contribution in [1.29, 1.82) is 0 Å². The Morgan fingerprint density at radius 3 is 0.618 bits per heavy atom. The van der Waals surface area contributed by atoms with E-state index in [0.29, 0.717) is 0 Å². The molecule has 0 saturated heterocycles. The third-order valence-electron chi connectivity index (χ3n) is 5.42. The van der Waals surface area contributed by atoms with Gasteiger partial charge in [0.25, 0.3) is 0 Å². The Bertz CT molecular complexity index is 1340. The van der Waals surface area contributed by atoms with E-state index in [2.05, 4.69) is 0 Å². The minimum absolute atomic E-state index is 0.876. The highest BCUT2D eigenvalue weighted by Crippen LogP contribution is 2.62. The van der Waals surface area contributed by atoms with Crippen LogP contribution in [0.3, 0.4) is 0 Å². The van der Waals surface area contributed by atoms with Gasteiger partial charge >= 0.3 is 96.3 Å². The molecule has 0 saturated carbocycles. The molecule has 0 rings (SSSR count). The summed E-state index contributed by atoms with van der Waals surface area (Å²) in [7, 11) is 0. The summed E-state index contributed by atoms with van der Waals surface area (Å²) >= 11 is 0. The second kappa shape index (κ2) is 13.7. The maximum absolute atomic E-state index is 14.4. The summed E-state index contributed by atoms with van der Waals surface area (Å²) in [6.45, 7) is 0. The van der Waals surface area contributed by atoms with Crippen molar-refractivity contribution in [2.75, 3.05) is 0 Å². The number of hydrogen-bond acceptors (Lipinski definition) is 3. The number of hydrogen-bond donors (Lipinski definition) is 0. The van der Waals surface area contributed by atoms with E-state index in [4.69, 9.17) is 0 Å². The molecule has 0 aromatic rings. The molecule has 0 fully saturated rings. The van der Waals surface area contributed by atoms with Crippen molar-refractivity contribution in [1.82, 2.24) is 0 Å². The maximum atomic E-state index is 14.4. The Kier molecular flexibility index (Phi) is 12.9. The van der Waals surface area contributed by atoms with E-state index in [0.717, 1.165) is 9.47 Å². The van der Waals surface area contributed by atoms with Crippen LogP contribution in [0.4, 0.5) is 149 Å². The first-order valence-electron chi connectivity index (χ1n) is 11.2. The van der Waals surface area contributed by atoms with Gasteiger partial charge in [0, 0.05) is 0 Å². The highest BCUT2D eigenvalue weighted by Gasteiger charge is 2.90. The van der Waals surface area contributed by atoms with Gasteiger partial charge in [-0.25, -0.2) is 0 Å². The van der Waals surface area contributed by atoms with Crippen molar-refractivity contribution in [3.8, 4) is 0 Å². The van der Waals surface area contributed by atoms with Crippen LogP contribution in [0.25, 0.3) is 0 Å². The smallest absolute Gasteiger partial charge is 0.442 e. The molecular weight excluding hydrogens is 910 g/mol. The van der Waals surface area contributed by atoms with E-state index in [9.17, 15) is 149 Å². The Hall–Kier alpha value is -3.18. The lowest BCUT2D eigenvalue weighted by atomic mass is 10.0. The fourth-order valence-corrected chi connectivity index (χ4v) is 2.64. The summed E-state index contributed by atoms with van der Waals surface area (Å²) in [6.07, 6.45) is -63.2. The van der Waals surface area contributed by atoms with Gasteiger partial charge in [-0.1, -0.05) is 0 Å². The zero-order valence-corrected chi connectivity index (χ0v) is 23.1. The Morgan fingerprint density at radius 1 is 0.273 bits per heavy atom. The van der Waals surface area contributed by atoms with Crippen molar-refractivity contribution in [3.05, 3.63) is 23.7 Å². The summed E-state index contributed by atoms with van der Waals surface area (Å²) < 4.78 is 453. The minimum Gasteiger partial charge on any atom is -0.442 e. The highest BCUT2D eigenvalue weighted by atomic mass is 19.5. The second-order valence-electron chi connectivity index (χ2n) is 9.15. The van der Waals surface area contributed by atoms with Crippen molar-refractivity contribution >= 4 is 0 Å². The molecule has 3 nitrogen and oxygen atoms in total. The van der Waals surface area contributed by atoms with Crippen molar-refractivity contribution in [2.45, 2.75) is 84.2 Å². The van der Waals surface area contributed by atoms with Crippen LogP contribution in [0.15, 0.2) is 23.7 Å². The molecule has 0 spiro atoms. The molecule has 0 aliphatic rings. The summed E-state index contributed by atoms with van der Waals surface area (Å²) in [5.74, 6) is -83.0. The van der Waals surface area contributed by atoms with E-state index in [1.807, 2.05) is 0 Å². The molecule has 0 amide bonds. The SMILES string of the molecule is FC(F)=C(OC(=C(F)F)C(F)(F)C(F)(OC(F)(F)C(F)(F)C(F)(F)C(F)(F)F)C(F)(F)F)C(F)(F)C(F)(OC(F)(F)C(F)(F)C(F)(F)C(F)(F)F)C(F)(F)F. The van der Waals surface area contributed by atoms with E-state index >= 15 is 0 Å². The van der Waals surface area contributed by atoms with E-state index < -0.39 is 108 Å². The molecule has 0 aliphatic heterocycles. The lowest BCUT2D eigenvalue weighted by molar-refractivity contribution is -0.513. The van der Waals surface area contributed by atoms with Gasteiger partial charge in [0.15, 0.2) is 0 Å². The molecule has 55 heavy (non-hydrogen) atoms. The van der Waals surface area contributed by atoms with Crippen molar-refractivity contribution < 1.29 is 163 Å². The molecule has 0 aromatic carbocycles. The van der Waals surface area contributed by atoms with Gasteiger partial charge in [0.05, 0.1) is 0 Å². The molecule has 0 aliphatic carbocycles. The average Bonchev–Trinajstić information content (AvgIpc) is 2.88. The van der Waals surface area contributed by atoms with Gasteiger partial charge in [-0.15, -0.1) is 0 Å². The van der Waals surface area contributed by atoms with Gasteiger partial charge in [0.1, 0.15) is 0 Å². The van der Waals surface area contributed by atoms with Gasteiger partial charge in [-0.2, -0.15) is 149 Å². The van der Waals surface area contributed by atoms with Crippen LogP contribution in [0.2, 0.25) is 0 Å². The average molecular weight is 910 g/mol. The van der Waals surface area contributed by atoms with Crippen LogP contribution in [0, 0.1) is 0 Å². The summed E-state index contributed by atoms with van der Waals surface area (Å²) in [4.78, 5) is 0. The molecule has 0 heterocycles. The molecule has 0 bridgehead atoms. The van der Waals surface area contributed by atoms with Crippen LogP contribution >= 0.6 is 0 Å². The van der Waals surface area contributed by atoms with E-state index in [-0.39, 0.29) is 0 Å². The van der Waals surface area contributed by atoms with Gasteiger partial charge in [-0.3, -0.25) is 9.47 Å². The maximum Gasteiger partial charge on any atom is 0.460 e. The summed E-state index contributed by atoms with van der Waals surface area (Å²) in [6, 6.07) is 0. The molecular formula is C18F34O3. The highest BCUT2D eigenvalue weighted by molar-refractivity contribution is 5.23. The Balaban J connectivity index is 7.93. The van der Waals surface area contributed by atoms with E-state index in [1.165, 1.54) is 0 Å². The number of halogens is 34. The summed E-state index contributed by atoms with van der Waals surface area (Å²) in [5, 5.41) is 0. The zero-order valence-electron chi connectivity index (χ0n) is 23.1. The van der Waals surface area contributed by atoms with E-state index in [1.54, 1.807) is 4.74 Å². The number of ether oxygens (including phenoxy) is 3. The largest absolute Gasteiger partial charge is 0.460 e. The fourth-order valence-electron chi connectivity index (χ4n) is 2.64. The predicted molar refractivity (Wildman–Crippen MR) is 93.2 cm³/mol. The molecule has 0 radical (unpaired) electrons. The quantitative estimate of drug-likeness (QED) is 0.128. The van der Waals surface area contributed by atoms with Crippen LogP contribution in [0.5, 0.6) is 0 Å². The van der Waals surface area contributed by atoms with Gasteiger partial charge < -0.3 is 4.74 Å². The molecule has 2 atom stereocenters. The van der Waals surface area contributed by atoms with Crippen LogP contribution in [0.1, 0.15) is 0 Å². The Labute approximate surface area is 273 Å². The second-order valence-corrected chi connectivity index (χ2v) is 9.15. The monoisotopic (exact) mass is 910 g/mol. The molecule has 0 N–H and O–H groups in total. The van der Waals surface area contributed by atoms with Crippen LogP contribution in [-0.2, 0) is 14.2 Å². The molecule has 2 unspecified atom stereocenters. The molecule has 328 valence electrons. The van der Waals surface area contributed by atoms with Crippen molar-refractivity contribution in [3.63, 3.8) is 0 Å². The molecule has 37 heteroatoms. The Morgan fingerprint density at radius 2 is 0.473 bits per heavy atom. The number of alkyl halides is 30. The fraction of sp³-hybridized carbons (Fsp3) is 0.778.